The fourth-order valence-electron chi connectivity index (χ4n) is 0.0833. The molecule has 0 atom stereocenters. The highest BCUT2D eigenvalue weighted by Gasteiger charge is 1.72. The average Bonchev–Trinajstić information content (AvgIpc) is 2.25. The lowest BCUT2D eigenvalue weighted by atomic mass is 10.3. The SMILES string of the molecule is C=CC(=C)CN.C=O.CC.CC. The molecule has 2 N–H and O–H groups in total. The molecular weight excluding hydrogens is 150 g/mol. The number of hydrogen-bond acceptors (Lipinski definition) is 2. The Labute approximate surface area is 77.2 Å². The molecule has 0 aromatic rings. The minimum absolute atomic E-state index is 0.517. The molecule has 0 fully saturated rings. The van der Waals surface area contributed by atoms with E-state index in [4.69, 9.17) is 10.5 Å². The summed E-state index contributed by atoms with van der Waals surface area (Å²) in [4.78, 5) is 8.00. The van der Waals surface area contributed by atoms with Crippen LogP contribution in [0.25, 0.3) is 0 Å². The lowest BCUT2D eigenvalue weighted by molar-refractivity contribution is -0.0979. The molecule has 0 heterocycles. The maximum Gasteiger partial charge on any atom is 0.106 e. The molecular formula is C10H23NO. The standard InChI is InChI=1S/C5H9N.2C2H6.CH2O/c1-3-5(2)4-6;3*1-2/h3H,1-2,4,6H2;2*1-2H3;1H2. The van der Waals surface area contributed by atoms with Gasteiger partial charge in [-0.25, -0.2) is 0 Å². The highest BCUT2D eigenvalue weighted by molar-refractivity contribution is 5.11. The van der Waals surface area contributed by atoms with Gasteiger partial charge in [-0.1, -0.05) is 46.9 Å². The molecule has 0 amide bonds. The summed E-state index contributed by atoms with van der Waals surface area (Å²) in [5, 5.41) is 0. The van der Waals surface area contributed by atoms with Gasteiger partial charge in [-0.3, -0.25) is 0 Å². The molecule has 0 saturated heterocycles. The molecule has 0 aliphatic heterocycles. The monoisotopic (exact) mass is 173 g/mol. The van der Waals surface area contributed by atoms with Gasteiger partial charge in [0.2, 0.25) is 0 Å². The minimum Gasteiger partial charge on any atom is -0.327 e. The van der Waals surface area contributed by atoms with Gasteiger partial charge in [0, 0.05) is 6.54 Å². The van der Waals surface area contributed by atoms with Crippen molar-refractivity contribution in [2.75, 3.05) is 6.54 Å². The van der Waals surface area contributed by atoms with Crippen molar-refractivity contribution in [3.63, 3.8) is 0 Å². The van der Waals surface area contributed by atoms with Gasteiger partial charge in [-0.05, 0) is 5.57 Å². The Morgan fingerprint density at radius 1 is 1.25 bits per heavy atom. The average molecular weight is 173 g/mol. The zero-order chi connectivity index (χ0) is 11.0. The number of nitrogens with two attached hydrogens (primary N) is 1. The summed E-state index contributed by atoms with van der Waals surface area (Å²) in [7, 11) is 0. The van der Waals surface area contributed by atoms with Crippen LogP contribution in [0.5, 0.6) is 0 Å². The van der Waals surface area contributed by atoms with Gasteiger partial charge in [-0.15, -0.1) is 0 Å². The molecule has 0 radical (unpaired) electrons. The summed E-state index contributed by atoms with van der Waals surface area (Å²) in [5.41, 5.74) is 6.00. The molecule has 0 saturated carbocycles. The van der Waals surface area contributed by atoms with Crippen molar-refractivity contribution in [3.8, 4) is 0 Å². The van der Waals surface area contributed by atoms with Crippen molar-refractivity contribution >= 4 is 6.79 Å². The first-order valence-electron chi connectivity index (χ1n) is 4.10. The second kappa shape index (κ2) is 49.7. The molecule has 2 nitrogen and oxygen atoms in total. The maximum absolute atomic E-state index is 8.00. The first-order chi connectivity index (χ1) is 5.81. The summed E-state index contributed by atoms with van der Waals surface area (Å²) < 4.78 is 0. The lowest BCUT2D eigenvalue weighted by Crippen LogP contribution is -1.98. The molecule has 0 aliphatic rings. The molecule has 2 heteroatoms. The fraction of sp³-hybridized carbons (Fsp3) is 0.500. The third-order valence-electron chi connectivity index (χ3n) is 0.551. The quantitative estimate of drug-likeness (QED) is 0.652. The molecule has 12 heavy (non-hydrogen) atoms. The summed E-state index contributed by atoms with van der Waals surface area (Å²) >= 11 is 0. The van der Waals surface area contributed by atoms with E-state index in [0.717, 1.165) is 5.57 Å². The van der Waals surface area contributed by atoms with E-state index in [-0.39, 0.29) is 0 Å². The molecule has 0 rings (SSSR count). The number of rotatable bonds is 2. The predicted octanol–water partition coefficient (Wildman–Crippen LogP) is 2.55. The highest BCUT2D eigenvalue weighted by atomic mass is 16.1. The predicted molar refractivity (Wildman–Crippen MR) is 58.2 cm³/mol. The van der Waals surface area contributed by atoms with Crippen molar-refractivity contribution in [2.24, 2.45) is 5.73 Å². The van der Waals surface area contributed by atoms with Crippen LogP contribution in [0.3, 0.4) is 0 Å². The van der Waals surface area contributed by atoms with E-state index in [1.165, 1.54) is 0 Å². The van der Waals surface area contributed by atoms with Crippen molar-refractivity contribution in [1.82, 2.24) is 0 Å². The molecule has 0 aliphatic carbocycles. The first kappa shape index (κ1) is 22.5. The van der Waals surface area contributed by atoms with Crippen LogP contribution in [-0.4, -0.2) is 13.3 Å². The third kappa shape index (κ3) is 61.9. The second-order valence-electron chi connectivity index (χ2n) is 1.07. The van der Waals surface area contributed by atoms with Crippen LogP contribution in [0.4, 0.5) is 0 Å². The molecule has 74 valence electrons. The van der Waals surface area contributed by atoms with Crippen LogP contribution in [0, 0.1) is 0 Å². The molecule has 0 bridgehead atoms. The molecule has 0 unspecified atom stereocenters. The molecule has 0 spiro atoms. The van der Waals surface area contributed by atoms with Gasteiger partial charge in [0.05, 0.1) is 0 Å². The summed E-state index contributed by atoms with van der Waals surface area (Å²) in [6.45, 7) is 17.5. The van der Waals surface area contributed by atoms with E-state index in [9.17, 15) is 0 Å². The van der Waals surface area contributed by atoms with Crippen LogP contribution < -0.4 is 5.73 Å². The van der Waals surface area contributed by atoms with E-state index in [2.05, 4.69) is 13.2 Å². The van der Waals surface area contributed by atoms with Gasteiger partial charge in [0.1, 0.15) is 6.79 Å². The van der Waals surface area contributed by atoms with Gasteiger partial charge in [0.25, 0.3) is 0 Å². The normalized spacial score (nSPS) is 5.08. The molecule has 0 aromatic heterocycles. The Morgan fingerprint density at radius 2 is 1.50 bits per heavy atom. The van der Waals surface area contributed by atoms with Crippen molar-refractivity contribution in [3.05, 3.63) is 24.8 Å². The van der Waals surface area contributed by atoms with Crippen LogP contribution in [0.2, 0.25) is 0 Å². The topological polar surface area (TPSA) is 43.1 Å². The van der Waals surface area contributed by atoms with Crippen LogP contribution >= 0.6 is 0 Å². The number of hydrogen-bond donors (Lipinski definition) is 1. The second-order valence-corrected chi connectivity index (χ2v) is 1.07. The van der Waals surface area contributed by atoms with Crippen LogP contribution in [0.15, 0.2) is 24.8 Å². The molecule has 0 aromatic carbocycles. The van der Waals surface area contributed by atoms with Crippen molar-refractivity contribution < 1.29 is 4.79 Å². The fourth-order valence-corrected chi connectivity index (χ4v) is 0.0833. The summed E-state index contributed by atoms with van der Waals surface area (Å²) in [5.74, 6) is 0. The van der Waals surface area contributed by atoms with E-state index in [1.807, 2.05) is 34.5 Å². The van der Waals surface area contributed by atoms with Crippen LogP contribution in [-0.2, 0) is 4.79 Å². The number of carbonyl (C=O) groups is 1. The Kier molecular flexibility index (Phi) is 93.0. The Bertz CT molecular complexity index is 79.9. The summed E-state index contributed by atoms with van der Waals surface area (Å²) in [6.07, 6.45) is 1.65. The van der Waals surface area contributed by atoms with E-state index in [0.29, 0.717) is 6.54 Å². The van der Waals surface area contributed by atoms with E-state index < -0.39 is 0 Å². The highest BCUT2D eigenvalue weighted by Crippen LogP contribution is 1.81. The lowest BCUT2D eigenvalue weighted by Gasteiger charge is -1.84. The largest absolute Gasteiger partial charge is 0.327 e. The van der Waals surface area contributed by atoms with E-state index >= 15 is 0 Å². The zero-order valence-corrected chi connectivity index (χ0v) is 8.89. The Hall–Kier alpha value is -0.890. The van der Waals surface area contributed by atoms with Gasteiger partial charge >= 0.3 is 0 Å². The van der Waals surface area contributed by atoms with Gasteiger partial charge in [0.15, 0.2) is 0 Å². The zero-order valence-electron chi connectivity index (χ0n) is 8.89. The third-order valence-corrected chi connectivity index (χ3v) is 0.551. The van der Waals surface area contributed by atoms with E-state index in [1.54, 1.807) is 6.08 Å². The van der Waals surface area contributed by atoms with Crippen LogP contribution in [0.1, 0.15) is 27.7 Å². The Morgan fingerprint density at radius 3 is 1.50 bits per heavy atom. The van der Waals surface area contributed by atoms with Crippen molar-refractivity contribution in [1.29, 1.82) is 0 Å². The Balaban J connectivity index is -0.0000000453. The smallest absolute Gasteiger partial charge is 0.106 e. The maximum atomic E-state index is 8.00. The van der Waals surface area contributed by atoms with Gasteiger partial charge in [-0.2, -0.15) is 0 Å². The number of carbonyl (C=O) groups excluding carboxylic acids is 1. The minimum atomic E-state index is 0.517. The summed E-state index contributed by atoms with van der Waals surface area (Å²) in [6, 6.07) is 0. The van der Waals surface area contributed by atoms with Crippen molar-refractivity contribution in [2.45, 2.75) is 27.7 Å². The van der Waals surface area contributed by atoms with Gasteiger partial charge < -0.3 is 10.5 Å². The first-order valence-corrected chi connectivity index (χ1v) is 4.10.